The zero-order chi connectivity index (χ0) is 22.9. The third-order valence-electron chi connectivity index (χ3n) is 4.89. The van der Waals surface area contributed by atoms with Crippen LogP contribution < -0.4 is 5.32 Å². The number of halogens is 1. The summed E-state index contributed by atoms with van der Waals surface area (Å²) in [6, 6.07) is 21.2. The zero-order valence-corrected chi connectivity index (χ0v) is 20.8. The van der Waals surface area contributed by atoms with E-state index in [-0.39, 0.29) is 18.5 Å². The maximum Gasteiger partial charge on any atom is 0.322 e. The second kappa shape index (κ2) is 11.8. The van der Waals surface area contributed by atoms with Gasteiger partial charge in [0.1, 0.15) is 6.54 Å². The lowest BCUT2D eigenvalue weighted by Crippen LogP contribution is -2.44. The second-order valence-corrected chi connectivity index (χ2v) is 9.90. The molecular weight excluding hydrogens is 486 g/mol. The van der Waals surface area contributed by atoms with E-state index in [0.29, 0.717) is 25.3 Å². The molecule has 0 fully saturated rings. The predicted octanol–water partition coefficient (Wildman–Crippen LogP) is 6.29. The number of thiophene rings is 1. The summed E-state index contributed by atoms with van der Waals surface area (Å²) in [6.07, 6.45) is 0.766. The van der Waals surface area contributed by atoms with Gasteiger partial charge in [-0.3, -0.25) is 4.79 Å². The molecule has 1 heterocycles. The van der Waals surface area contributed by atoms with E-state index in [4.69, 9.17) is 0 Å². The number of benzene rings is 2. The number of nitrogens with one attached hydrogen (secondary N) is 1. The first-order valence-electron chi connectivity index (χ1n) is 10.6. The molecule has 1 aromatic heterocycles. The van der Waals surface area contributed by atoms with Gasteiger partial charge in [-0.15, -0.1) is 11.3 Å². The number of anilines is 1. The highest BCUT2D eigenvalue weighted by Gasteiger charge is 2.22. The fourth-order valence-electron chi connectivity index (χ4n) is 3.35. The summed E-state index contributed by atoms with van der Waals surface area (Å²) in [6.45, 7) is 5.63. The fourth-order valence-corrected chi connectivity index (χ4v) is 4.65. The molecule has 0 aliphatic rings. The average Bonchev–Trinajstić information content (AvgIpc) is 3.18. The van der Waals surface area contributed by atoms with Gasteiger partial charge in [-0.2, -0.15) is 0 Å². The lowest BCUT2D eigenvalue weighted by molar-refractivity contribution is -0.133. The third kappa shape index (κ3) is 7.21. The molecule has 7 heteroatoms. The standard InChI is InChI=1S/C25H28BrN3O2S/c1-3-14-28(25(31)27-22-11-7-10-21(26)15-22)18-24(30)29(16-20-8-5-4-6-9-20)17-23-13-12-19(2)32-23/h4-13,15H,3,14,16-18H2,1-2H3,(H,27,31). The maximum absolute atomic E-state index is 13.4. The van der Waals surface area contributed by atoms with Gasteiger partial charge in [0.2, 0.25) is 5.91 Å². The largest absolute Gasteiger partial charge is 0.332 e. The Hall–Kier alpha value is -2.64. The number of hydrogen-bond donors (Lipinski definition) is 1. The number of urea groups is 1. The molecular formula is C25H28BrN3O2S. The van der Waals surface area contributed by atoms with Crippen LogP contribution in [0.4, 0.5) is 10.5 Å². The molecule has 0 atom stereocenters. The molecule has 168 valence electrons. The molecule has 1 N–H and O–H groups in total. The molecule has 0 aliphatic heterocycles. The highest BCUT2D eigenvalue weighted by Crippen LogP contribution is 2.20. The van der Waals surface area contributed by atoms with E-state index in [9.17, 15) is 9.59 Å². The monoisotopic (exact) mass is 513 g/mol. The van der Waals surface area contributed by atoms with Crippen molar-refractivity contribution in [3.05, 3.63) is 86.5 Å². The Morgan fingerprint density at radius 1 is 0.969 bits per heavy atom. The van der Waals surface area contributed by atoms with E-state index in [2.05, 4.69) is 40.3 Å². The smallest absolute Gasteiger partial charge is 0.322 e. The number of hydrogen-bond acceptors (Lipinski definition) is 3. The van der Waals surface area contributed by atoms with Crippen molar-refractivity contribution in [2.45, 2.75) is 33.4 Å². The number of carbonyl (C=O) groups is 2. The first-order valence-corrected chi connectivity index (χ1v) is 12.2. The van der Waals surface area contributed by atoms with Crippen molar-refractivity contribution >= 4 is 44.9 Å². The van der Waals surface area contributed by atoms with Crippen LogP contribution in [-0.2, 0) is 17.9 Å². The van der Waals surface area contributed by atoms with Crippen LogP contribution in [0.2, 0.25) is 0 Å². The van der Waals surface area contributed by atoms with Crippen molar-refractivity contribution in [3.63, 3.8) is 0 Å². The van der Waals surface area contributed by atoms with Gasteiger partial charge < -0.3 is 15.1 Å². The molecule has 2 aromatic carbocycles. The molecule has 0 saturated carbocycles. The van der Waals surface area contributed by atoms with Crippen LogP contribution in [0.5, 0.6) is 0 Å². The first kappa shape index (κ1) is 24.0. The predicted molar refractivity (Wildman–Crippen MR) is 135 cm³/mol. The van der Waals surface area contributed by atoms with Crippen LogP contribution in [0.3, 0.4) is 0 Å². The number of rotatable bonds is 9. The Bertz CT molecular complexity index is 1040. The van der Waals surface area contributed by atoms with Gasteiger partial charge >= 0.3 is 6.03 Å². The van der Waals surface area contributed by atoms with Crippen molar-refractivity contribution in [2.75, 3.05) is 18.4 Å². The molecule has 0 bridgehead atoms. The van der Waals surface area contributed by atoms with Crippen LogP contribution in [0.25, 0.3) is 0 Å². The molecule has 3 amide bonds. The molecule has 0 unspecified atom stereocenters. The highest BCUT2D eigenvalue weighted by molar-refractivity contribution is 9.10. The van der Waals surface area contributed by atoms with Gasteiger partial charge in [0.05, 0.1) is 6.54 Å². The van der Waals surface area contributed by atoms with Crippen LogP contribution in [0, 0.1) is 6.92 Å². The number of carbonyl (C=O) groups excluding carboxylic acids is 2. The molecule has 3 aromatic rings. The Morgan fingerprint density at radius 3 is 2.41 bits per heavy atom. The lowest BCUT2D eigenvalue weighted by Gasteiger charge is -2.27. The Morgan fingerprint density at radius 2 is 1.75 bits per heavy atom. The van der Waals surface area contributed by atoms with Crippen LogP contribution in [0.1, 0.15) is 28.7 Å². The molecule has 3 rings (SSSR count). The SMILES string of the molecule is CCCN(CC(=O)N(Cc1ccccc1)Cc1ccc(C)s1)C(=O)Nc1cccc(Br)c1. The first-order chi connectivity index (χ1) is 15.4. The summed E-state index contributed by atoms with van der Waals surface area (Å²) in [5.74, 6) is -0.0715. The fraction of sp³-hybridized carbons (Fsp3) is 0.280. The summed E-state index contributed by atoms with van der Waals surface area (Å²) in [5, 5.41) is 2.90. The Kier molecular flexibility index (Phi) is 8.88. The van der Waals surface area contributed by atoms with E-state index in [1.54, 1.807) is 16.2 Å². The molecule has 0 aliphatic carbocycles. The van der Waals surface area contributed by atoms with E-state index in [1.165, 1.54) is 4.88 Å². The Balaban J connectivity index is 1.73. The zero-order valence-electron chi connectivity index (χ0n) is 18.4. The number of nitrogens with zero attached hydrogens (tertiary/aromatic N) is 2. The van der Waals surface area contributed by atoms with Crippen molar-refractivity contribution in [2.24, 2.45) is 0 Å². The summed E-state index contributed by atoms with van der Waals surface area (Å²) in [5.41, 5.74) is 1.75. The summed E-state index contributed by atoms with van der Waals surface area (Å²) < 4.78 is 0.883. The van der Waals surface area contributed by atoms with Crippen molar-refractivity contribution in [3.8, 4) is 0 Å². The minimum absolute atomic E-state index is 0.0326. The van der Waals surface area contributed by atoms with Gasteiger partial charge in [0.25, 0.3) is 0 Å². The van der Waals surface area contributed by atoms with E-state index in [0.717, 1.165) is 21.3 Å². The minimum Gasteiger partial charge on any atom is -0.332 e. The van der Waals surface area contributed by atoms with Gasteiger partial charge in [-0.25, -0.2) is 4.79 Å². The minimum atomic E-state index is -0.273. The van der Waals surface area contributed by atoms with Crippen LogP contribution in [-0.4, -0.2) is 34.8 Å². The summed E-state index contributed by atoms with van der Waals surface area (Å²) in [7, 11) is 0. The number of amides is 3. The molecule has 0 spiro atoms. The molecule has 32 heavy (non-hydrogen) atoms. The van der Waals surface area contributed by atoms with E-state index >= 15 is 0 Å². The van der Waals surface area contributed by atoms with Gasteiger partial charge in [-0.05, 0) is 49.2 Å². The average molecular weight is 514 g/mol. The molecule has 5 nitrogen and oxygen atoms in total. The third-order valence-corrected chi connectivity index (χ3v) is 6.37. The van der Waals surface area contributed by atoms with Crippen LogP contribution >= 0.6 is 27.3 Å². The van der Waals surface area contributed by atoms with Gasteiger partial charge in [-0.1, -0.05) is 59.3 Å². The van der Waals surface area contributed by atoms with E-state index < -0.39 is 0 Å². The Labute approximate surface area is 202 Å². The van der Waals surface area contributed by atoms with Gasteiger partial charge in [0.15, 0.2) is 0 Å². The van der Waals surface area contributed by atoms with Crippen molar-refractivity contribution < 1.29 is 9.59 Å². The van der Waals surface area contributed by atoms with Crippen molar-refractivity contribution in [1.29, 1.82) is 0 Å². The van der Waals surface area contributed by atoms with Gasteiger partial charge in [0, 0.05) is 33.0 Å². The maximum atomic E-state index is 13.4. The molecule has 0 radical (unpaired) electrons. The summed E-state index contributed by atoms with van der Waals surface area (Å²) >= 11 is 5.11. The quantitative estimate of drug-likeness (QED) is 0.365. The highest BCUT2D eigenvalue weighted by atomic mass is 79.9. The number of aryl methyl sites for hydroxylation is 1. The lowest BCUT2D eigenvalue weighted by atomic mass is 10.2. The van der Waals surface area contributed by atoms with Crippen molar-refractivity contribution in [1.82, 2.24) is 9.80 Å². The second-order valence-electron chi connectivity index (χ2n) is 7.61. The topological polar surface area (TPSA) is 52.7 Å². The van der Waals surface area contributed by atoms with Crippen LogP contribution in [0.15, 0.2) is 71.2 Å². The van der Waals surface area contributed by atoms with E-state index in [1.807, 2.05) is 66.4 Å². The molecule has 0 saturated heterocycles. The normalized spacial score (nSPS) is 10.6. The summed E-state index contributed by atoms with van der Waals surface area (Å²) in [4.78, 5) is 32.0.